The van der Waals surface area contributed by atoms with E-state index in [9.17, 15) is 18.0 Å². The number of nitrogens with one attached hydrogen (secondary N) is 1. The molecule has 2 aliphatic carbocycles. The molecule has 0 bridgehead atoms. The SMILES string of the molecule is O=C(Nc1cccc2c1CC1CC1C2)C(F)(F)F. The molecule has 0 aliphatic heterocycles. The van der Waals surface area contributed by atoms with Gasteiger partial charge in [-0.15, -0.1) is 0 Å². The molecule has 5 heteroatoms. The van der Waals surface area contributed by atoms with Crippen LogP contribution in [0.15, 0.2) is 18.2 Å². The maximum atomic E-state index is 12.2. The number of carbonyl (C=O) groups excluding carboxylic acids is 1. The van der Waals surface area contributed by atoms with Crippen LogP contribution in [0.25, 0.3) is 0 Å². The van der Waals surface area contributed by atoms with E-state index in [2.05, 4.69) is 0 Å². The monoisotopic (exact) mass is 255 g/mol. The number of hydrogen-bond donors (Lipinski definition) is 1. The predicted molar refractivity (Wildman–Crippen MR) is 60.1 cm³/mol. The standard InChI is InChI=1S/C13H12F3NO/c14-13(15,16)12(18)17-11-3-1-2-7-4-8-5-9(8)6-10(7)11/h1-3,8-9H,4-6H2,(H,17,18). The van der Waals surface area contributed by atoms with Gasteiger partial charge in [0.15, 0.2) is 0 Å². The summed E-state index contributed by atoms with van der Waals surface area (Å²) in [7, 11) is 0. The van der Waals surface area contributed by atoms with Gasteiger partial charge < -0.3 is 5.32 Å². The van der Waals surface area contributed by atoms with Crippen molar-refractivity contribution in [1.82, 2.24) is 0 Å². The highest BCUT2D eigenvalue weighted by molar-refractivity contribution is 5.95. The number of fused-ring (bicyclic) bond motifs is 2. The summed E-state index contributed by atoms with van der Waals surface area (Å²) in [5.41, 5.74) is 2.28. The molecule has 0 saturated heterocycles. The van der Waals surface area contributed by atoms with Gasteiger partial charge in [0.2, 0.25) is 0 Å². The van der Waals surface area contributed by atoms with Gasteiger partial charge in [-0.2, -0.15) is 13.2 Å². The van der Waals surface area contributed by atoms with E-state index in [0.717, 1.165) is 30.4 Å². The molecule has 2 aliphatic rings. The minimum Gasteiger partial charge on any atom is -0.318 e. The van der Waals surface area contributed by atoms with Crippen LogP contribution in [0.1, 0.15) is 17.5 Å². The van der Waals surface area contributed by atoms with E-state index in [1.807, 2.05) is 11.4 Å². The van der Waals surface area contributed by atoms with Crippen LogP contribution in [0.4, 0.5) is 18.9 Å². The zero-order chi connectivity index (χ0) is 12.9. The molecular formula is C13H12F3NO. The molecule has 1 aromatic rings. The molecule has 1 aromatic carbocycles. The van der Waals surface area contributed by atoms with Crippen molar-refractivity contribution >= 4 is 11.6 Å². The van der Waals surface area contributed by atoms with Crippen molar-refractivity contribution in [3.05, 3.63) is 29.3 Å². The molecular weight excluding hydrogens is 243 g/mol. The van der Waals surface area contributed by atoms with Crippen LogP contribution in [0, 0.1) is 11.8 Å². The Labute approximate surface area is 102 Å². The highest BCUT2D eigenvalue weighted by Crippen LogP contribution is 2.49. The van der Waals surface area contributed by atoms with Gasteiger partial charge in [0.05, 0.1) is 0 Å². The molecule has 0 aromatic heterocycles. The fourth-order valence-corrected chi connectivity index (χ4v) is 2.73. The third-order valence-electron chi connectivity index (χ3n) is 3.80. The fourth-order valence-electron chi connectivity index (χ4n) is 2.73. The molecule has 18 heavy (non-hydrogen) atoms. The second-order valence-electron chi connectivity index (χ2n) is 5.06. The Morgan fingerprint density at radius 1 is 1.22 bits per heavy atom. The van der Waals surface area contributed by atoms with Crippen molar-refractivity contribution in [2.24, 2.45) is 11.8 Å². The third-order valence-corrected chi connectivity index (χ3v) is 3.80. The summed E-state index contributed by atoms with van der Waals surface area (Å²) >= 11 is 0. The maximum Gasteiger partial charge on any atom is 0.471 e. The number of rotatable bonds is 1. The lowest BCUT2D eigenvalue weighted by atomic mass is 9.90. The molecule has 1 N–H and O–H groups in total. The normalized spacial score (nSPS) is 25.1. The van der Waals surface area contributed by atoms with Gasteiger partial charge in [0.1, 0.15) is 0 Å². The van der Waals surface area contributed by atoms with Crippen LogP contribution in [0.2, 0.25) is 0 Å². The second-order valence-corrected chi connectivity index (χ2v) is 5.06. The number of halogens is 3. The summed E-state index contributed by atoms with van der Waals surface area (Å²) in [6, 6.07) is 5.19. The summed E-state index contributed by atoms with van der Waals surface area (Å²) in [4.78, 5) is 11.0. The van der Waals surface area contributed by atoms with Gasteiger partial charge in [0.25, 0.3) is 0 Å². The van der Waals surface area contributed by atoms with Crippen molar-refractivity contribution in [2.45, 2.75) is 25.4 Å². The van der Waals surface area contributed by atoms with Crippen LogP contribution in [-0.4, -0.2) is 12.1 Å². The quantitative estimate of drug-likeness (QED) is 0.821. The topological polar surface area (TPSA) is 29.1 Å². The smallest absolute Gasteiger partial charge is 0.318 e. The number of amides is 1. The highest BCUT2D eigenvalue weighted by Gasteiger charge is 2.43. The molecule has 2 nitrogen and oxygen atoms in total. The Balaban J connectivity index is 1.87. The first kappa shape index (κ1) is 11.6. The molecule has 3 rings (SSSR count). The van der Waals surface area contributed by atoms with Gasteiger partial charge in [-0.05, 0) is 48.3 Å². The summed E-state index contributed by atoms with van der Waals surface area (Å²) in [5, 5.41) is 1.99. The summed E-state index contributed by atoms with van der Waals surface area (Å²) < 4.78 is 36.7. The molecule has 0 heterocycles. The van der Waals surface area contributed by atoms with E-state index in [-0.39, 0.29) is 0 Å². The first-order valence-corrected chi connectivity index (χ1v) is 5.94. The molecule has 0 spiro atoms. The number of alkyl halides is 3. The fraction of sp³-hybridized carbons (Fsp3) is 0.462. The Morgan fingerprint density at radius 3 is 2.67 bits per heavy atom. The molecule has 1 amide bonds. The lowest BCUT2D eigenvalue weighted by Crippen LogP contribution is -2.30. The first-order chi connectivity index (χ1) is 8.45. The summed E-state index contributed by atoms with van der Waals surface area (Å²) in [5.74, 6) is -0.596. The van der Waals surface area contributed by atoms with Crippen LogP contribution in [0.3, 0.4) is 0 Å². The zero-order valence-corrected chi connectivity index (χ0v) is 9.55. The van der Waals surface area contributed by atoms with Crippen molar-refractivity contribution < 1.29 is 18.0 Å². The van der Waals surface area contributed by atoms with E-state index >= 15 is 0 Å². The number of carbonyl (C=O) groups is 1. The Morgan fingerprint density at radius 2 is 1.94 bits per heavy atom. The predicted octanol–water partition coefficient (Wildman–Crippen LogP) is 2.92. The average Bonchev–Trinajstić information content (AvgIpc) is 3.03. The molecule has 1 fully saturated rings. The Hall–Kier alpha value is -1.52. The summed E-state index contributed by atoms with van der Waals surface area (Å²) in [6.45, 7) is 0. The van der Waals surface area contributed by atoms with Crippen LogP contribution >= 0.6 is 0 Å². The zero-order valence-electron chi connectivity index (χ0n) is 9.55. The molecule has 2 unspecified atom stereocenters. The lowest BCUT2D eigenvalue weighted by Gasteiger charge is -2.19. The van der Waals surface area contributed by atoms with Gasteiger partial charge in [-0.1, -0.05) is 12.1 Å². The molecule has 1 saturated carbocycles. The van der Waals surface area contributed by atoms with Crippen molar-refractivity contribution in [3.8, 4) is 0 Å². The molecule has 2 atom stereocenters. The summed E-state index contributed by atoms with van der Waals surface area (Å²) in [6.07, 6.45) is -1.97. The minimum atomic E-state index is -4.83. The van der Waals surface area contributed by atoms with Crippen molar-refractivity contribution in [3.63, 3.8) is 0 Å². The highest BCUT2D eigenvalue weighted by atomic mass is 19.4. The van der Waals surface area contributed by atoms with E-state index < -0.39 is 12.1 Å². The van der Waals surface area contributed by atoms with Crippen molar-refractivity contribution in [2.75, 3.05) is 5.32 Å². The molecule has 96 valence electrons. The van der Waals surface area contributed by atoms with Gasteiger partial charge >= 0.3 is 12.1 Å². The van der Waals surface area contributed by atoms with E-state index in [4.69, 9.17) is 0 Å². The average molecular weight is 255 g/mol. The van der Waals surface area contributed by atoms with Crippen LogP contribution < -0.4 is 5.32 Å². The Bertz CT molecular complexity index is 509. The molecule has 0 radical (unpaired) electrons. The van der Waals surface area contributed by atoms with Crippen molar-refractivity contribution in [1.29, 1.82) is 0 Å². The van der Waals surface area contributed by atoms with Gasteiger partial charge in [-0.3, -0.25) is 4.79 Å². The van der Waals surface area contributed by atoms with E-state index in [1.54, 1.807) is 12.1 Å². The van der Waals surface area contributed by atoms with Crippen LogP contribution in [0.5, 0.6) is 0 Å². The lowest BCUT2D eigenvalue weighted by molar-refractivity contribution is -0.167. The third kappa shape index (κ3) is 1.98. The van der Waals surface area contributed by atoms with Gasteiger partial charge in [0, 0.05) is 5.69 Å². The van der Waals surface area contributed by atoms with Gasteiger partial charge in [-0.25, -0.2) is 0 Å². The Kier molecular flexibility index (Phi) is 2.40. The first-order valence-electron chi connectivity index (χ1n) is 5.94. The number of anilines is 1. The van der Waals surface area contributed by atoms with E-state index in [0.29, 0.717) is 17.5 Å². The maximum absolute atomic E-state index is 12.2. The number of benzene rings is 1. The van der Waals surface area contributed by atoms with E-state index in [1.165, 1.54) is 0 Å². The second kappa shape index (κ2) is 3.73. The van der Waals surface area contributed by atoms with Crippen LogP contribution in [-0.2, 0) is 17.6 Å². The number of hydrogen-bond acceptors (Lipinski definition) is 1. The minimum absolute atomic E-state index is 0.320. The largest absolute Gasteiger partial charge is 0.471 e.